The maximum Gasteiger partial charge on any atom is 0.419 e. The Kier molecular flexibility index (Phi) is 6.89. The second kappa shape index (κ2) is 10.6. The van der Waals surface area contributed by atoms with Crippen LogP contribution in [0.1, 0.15) is 19.3 Å². The summed E-state index contributed by atoms with van der Waals surface area (Å²) in [5.74, 6) is 0.665. The first-order chi connectivity index (χ1) is 17.6. The van der Waals surface area contributed by atoms with Crippen LogP contribution in [0, 0.1) is 5.92 Å². The molecule has 0 radical (unpaired) electrons. The van der Waals surface area contributed by atoms with Crippen LogP contribution in [0.25, 0.3) is 0 Å². The Hall–Kier alpha value is -4.26. The van der Waals surface area contributed by atoms with Crippen molar-refractivity contribution in [2.45, 2.75) is 31.5 Å². The number of anilines is 2. The summed E-state index contributed by atoms with van der Waals surface area (Å²) in [4.78, 5) is 28.0. The highest BCUT2D eigenvalue weighted by Crippen LogP contribution is 2.37. The van der Waals surface area contributed by atoms with Crippen molar-refractivity contribution in [2.75, 3.05) is 12.0 Å². The third-order valence-corrected chi connectivity index (χ3v) is 6.44. The van der Waals surface area contributed by atoms with Crippen LogP contribution < -0.4 is 14.4 Å². The molecule has 1 heterocycles. The van der Waals surface area contributed by atoms with E-state index in [2.05, 4.69) is 0 Å². The van der Waals surface area contributed by atoms with E-state index in [0.29, 0.717) is 42.1 Å². The molecule has 0 N–H and O–H groups in total. The van der Waals surface area contributed by atoms with Gasteiger partial charge in [-0.2, -0.15) is 0 Å². The number of carbonyl (C=O) groups excluding carboxylic acids is 2. The van der Waals surface area contributed by atoms with Crippen LogP contribution in [0.5, 0.6) is 11.5 Å². The van der Waals surface area contributed by atoms with Crippen LogP contribution in [0.2, 0.25) is 0 Å². The molecule has 184 valence electrons. The first-order valence-electron chi connectivity index (χ1n) is 12.0. The number of para-hydroxylation sites is 4. The Morgan fingerprint density at radius 2 is 1.47 bits per heavy atom. The number of ether oxygens (including phenoxy) is 4. The summed E-state index contributed by atoms with van der Waals surface area (Å²) in [6.07, 6.45) is 1.67. The van der Waals surface area contributed by atoms with E-state index >= 15 is 0 Å². The van der Waals surface area contributed by atoms with Gasteiger partial charge in [-0.1, -0.05) is 48.5 Å². The summed E-state index contributed by atoms with van der Waals surface area (Å²) in [6.45, 7) is 0. The predicted molar refractivity (Wildman–Crippen MR) is 134 cm³/mol. The van der Waals surface area contributed by atoms with Crippen LogP contribution in [0.15, 0.2) is 97.0 Å². The zero-order chi connectivity index (χ0) is 24.9. The van der Waals surface area contributed by atoms with Gasteiger partial charge in [0, 0.05) is 6.42 Å². The highest BCUT2D eigenvalue weighted by molar-refractivity contribution is 5.97. The molecule has 3 aromatic carbocycles. The van der Waals surface area contributed by atoms with E-state index in [1.54, 1.807) is 24.1 Å². The van der Waals surface area contributed by atoms with E-state index in [0.717, 1.165) is 0 Å². The number of Topliss-reactive ketones (excluding diaryl/α,β-unsaturated/α-hetero) is 1. The van der Waals surface area contributed by atoms with Crippen LogP contribution >= 0.6 is 0 Å². The number of benzene rings is 3. The Labute approximate surface area is 209 Å². The lowest BCUT2D eigenvalue weighted by Crippen LogP contribution is -2.44. The van der Waals surface area contributed by atoms with Crippen molar-refractivity contribution in [2.24, 2.45) is 5.92 Å². The lowest BCUT2D eigenvalue weighted by atomic mass is 9.80. The SMILES string of the molecule is COc1ccccc1OC1=COC2CC(OC(=O)N(c3ccccc3)c3ccccc3)CCC2C1=O. The van der Waals surface area contributed by atoms with Crippen LogP contribution in [0.3, 0.4) is 0 Å². The normalized spacial score (nSPS) is 20.9. The van der Waals surface area contributed by atoms with Crippen molar-refractivity contribution < 1.29 is 28.5 Å². The summed E-state index contributed by atoms with van der Waals surface area (Å²) in [5.41, 5.74) is 1.43. The van der Waals surface area contributed by atoms with Crippen LogP contribution in [-0.2, 0) is 14.3 Å². The standard InChI is InChI=1S/C29H27NO6/c1-33-24-14-8-9-15-25(24)36-27-19-34-26-18-22(16-17-23(26)28(27)31)35-29(32)30(20-10-4-2-5-11-20)21-12-6-3-7-13-21/h2-15,19,22-23,26H,16-18H2,1H3. The lowest BCUT2D eigenvalue weighted by molar-refractivity contribution is -0.132. The first kappa shape index (κ1) is 23.5. The third-order valence-electron chi connectivity index (χ3n) is 6.44. The van der Waals surface area contributed by atoms with E-state index < -0.39 is 6.09 Å². The number of amides is 1. The molecule has 5 rings (SSSR count). The Morgan fingerprint density at radius 3 is 2.11 bits per heavy atom. The van der Waals surface area contributed by atoms with Crippen molar-refractivity contribution >= 4 is 23.3 Å². The molecule has 1 aliphatic carbocycles. The molecule has 2 aliphatic rings. The molecule has 1 fully saturated rings. The summed E-state index contributed by atoms with van der Waals surface area (Å²) in [5, 5.41) is 0. The number of ketones is 1. The monoisotopic (exact) mass is 485 g/mol. The van der Waals surface area contributed by atoms with Crippen molar-refractivity contribution in [3.05, 3.63) is 97.0 Å². The van der Waals surface area contributed by atoms with Crippen molar-refractivity contribution in [3.63, 3.8) is 0 Å². The molecule has 3 unspecified atom stereocenters. The van der Waals surface area contributed by atoms with Gasteiger partial charge >= 0.3 is 6.09 Å². The van der Waals surface area contributed by atoms with Crippen LogP contribution in [0.4, 0.5) is 16.2 Å². The minimum absolute atomic E-state index is 0.114. The van der Waals surface area contributed by atoms with Gasteiger partial charge in [0.1, 0.15) is 18.5 Å². The van der Waals surface area contributed by atoms with Gasteiger partial charge in [-0.3, -0.25) is 4.79 Å². The van der Waals surface area contributed by atoms with E-state index in [-0.39, 0.29) is 29.7 Å². The summed E-state index contributed by atoms with van der Waals surface area (Å²) >= 11 is 0. The zero-order valence-corrected chi connectivity index (χ0v) is 19.9. The van der Waals surface area contributed by atoms with E-state index in [1.807, 2.05) is 72.8 Å². The van der Waals surface area contributed by atoms with Gasteiger partial charge in [-0.25, -0.2) is 9.69 Å². The van der Waals surface area contributed by atoms with Gasteiger partial charge < -0.3 is 18.9 Å². The maximum absolute atomic E-state index is 13.3. The quantitative estimate of drug-likeness (QED) is 0.425. The molecular formula is C29H27NO6. The number of rotatable bonds is 6. The van der Waals surface area contributed by atoms with Crippen LogP contribution in [-0.4, -0.2) is 31.2 Å². The average molecular weight is 486 g/mol. The fourth-order valence-electron chi connectivity index (χ4n) is 4.65. The van der Waals surface area contributed by atoms with Gasteiger partial charge in [-0.15, -0.1) is 0 Å². The molecule has 7 nitrogen and oxygen atoms in total. The number of fused-ring (bicyclic) bond motifs is 1. The fourth-order valence-corrected chi connectivity index (χ4v) is 4.65. The van der Waals surface area contributed by atoms with Gasteiger partial charge in [0.2, 0.25) is 11.5 Å². The fraction of sp³-hybridized carbons (Fsp3) is 0.241. The summed E-state index contributed by atoms with van der Waals surface area (Å²) in [6, 6.07) is 25.9. The number of allylic oxidation sites excluding steroid dienone is 1. The molecule has 0 aromatic heterocycles. The number of carbonyl (C=O) groups is 2. The summed E-state index contributed by atoms with van der Waals surface area (Å²) < 4.78 is 23.0. The first-order valence-corrected chi connectivity index (χ1v) is 12.0. The Morgan fingerprint density at radius 1 is 0.861 bits per heavy atom. The van der Waals surface area contributed by atoms with Crippen molar-refractivity contribution in [1.29, 1.82) is 0 Å². The molecule has 7 heteroatoms. The van der Waals surface area contributed by atoms with Crippen molar-refractivity contribution in [3.8, 4) is 11.5 Å². The number of hydrogen-bond acceptors (Lipinski definition) is 6. The predicted octanol–water partition coefficient (Wildman–Crippen LogP) is 6.03. The molecule has 36 heavy (non-hydrogen) atoms. The van der Waals surface area contributed by atoms with Gasteiger partial charge in [0.05, 0.1) is 24.4 Å². The maximum atomic E-state index is 13.3. The second-order valence-electron chi connectivity index (χ2n) is 8.71. The smallest absolute Gasteiger partial charge is 0.419 e. The second-order valence-corrected chi connectivity index (χ2v) is 8.71. The minimum atomic E-state index is -0.464. The molecule has 3 aromatic rings. The highest BCUT2D eigenvalue weighted by atomic mass is 16.6. The topological polar surface area (TPSA) is 74.3 Å². The van der Waals surface area contributed by atoms with Gasteiger partial charge in [0.25, 0.3) is 0 Å². The van der Waals surface area contributed by atoms with E-state index in [4.69, 9.17) is 18.9 Å². The molecule has 1 saturated carbocycles. The molecule has 0 bridgehead atoms. The molecular weight excluding hydrogens is 458 g/mol. The lowest BCUT2D eigenvalue weighted by Gasteiger charge is -2.37. The van der Waals surface area contributed by atoms with E-state index in [1.165, 1.54) is 6.26 Å². The molecule has 0 spiro atoms. The Balaban J connectivity index is 1.27. The number of hydrogen-bond donors (Lipinski definition) is 0. The Bertz CT molecular complexity index is 1200. The van der Waals surface area contributed by atoms with E-state index in [9.17, 15) is 9.59 Å². The van der Waals surface area contributed by atoms with Crippen molar-refractivity contribution in [1.82, 2.24) is 0 Å². The zero-order valence-electron chi connectivity index (χ0n) is 19.9. The third kappa shape index (κ3) is 4.91. The highest BCUT2D eigenvalue weighted by Gasteiger charge is 2.42. The van der Waals surface area contributed by atoms with Gasteiger partial charge in [-0.05, 0) is 49.2 Å². The molecule has 3 atom stereocenters. The molecule has 1 amide bonds. The molecule has 0 saturated heterocycles. The van der Waals surface area contributed by atoms with Gasteiger partial charge in [0.15, 0.2) is 11.5 Å². The molecule has 1 aliphatic heterocycles. The largest absolute Gasteiger partial charge is 0.493 e. The average Bonchev–Trinajstić information content (AvgIpc) is 2.92. The minimum Gasteiger partial charge on any atom is -0.493 e. The summed E-state index contributed by atoms with van der Waals surface area (Å²) in [7, 11) is 1.55. The number of methoxy groups -OCH3 is 1. The number of nitrogens with zero attached hydrogens (tertiary/aromatic N) is 1.